The largest absolute Gasteiger partial charge is 0.328 e. The van der Waals surface area contributed by atoms with E-state index in [1.807, 2.05) is 41.8 Å². The molecule has 0 atom stereocenters. The minimum absolute atomic E-state index is 0.475. The number of benzene rings is 1. The van der Waals surface area contributed by atoms with E-state index in [0.29, 0.717) is 11.0 Å². The summed E-state index contributed by atoms with van der Waals surface area (Å²) in [5.41, 5.74) is 3.64. The van der Waals surface area contributed by atoms with Crippen LogP contribution in [0.3, 0.4) is 0 Å². The highest BCUT2D eigenvalue weighted by Gasteiger charge is 2.14. The molecule has 0 unspecified atom stereocenters. The third-order valence-electron chi connectivity index (χ3n) is 3.42. The summed E-state index contributed by atoms with van der Waals surface area (Å²) in [5, 5.41) is 0.475. The van der Waals surface area contributed by atoms with E-state index < -0.39 is 0 Å². The zero-order valence-electron chi connectivity index (χ0n) is 11.9. The molecule has 0 saturated carbocycles. The molecular formula is C16H15ClN4. The summed E-state index contributed by atoms with van der Waals surface area (Å²) < 4.78 is 2.00. The molecular weight excluding hydrogens is 284 g/mol. The molecule has 0 aliphatic heterocycles. The van der Waals surface area contributed by atoms with Crippen molar-refractivity contribution in [3.63, 3.8) is 0 Å². The maximum atomic E-state index is 6.30. The van der Waals surface area contributed by atoms with Crippen molar-refractivity contribution in [1.29, 1.82) is 0 Å². The summed E-state index contributed by atoms with van der Waals surface area (Å²) in [6.07, 6.45) is 3.54. The number of nitrogens with zero attached hydrogens (tertiary/aromatic N) is 4. The van der Waals surface area contributed by atoms with Crippen LogP contribution in [0.2, 0.25) is 5.15 Å². The molecule has 5 heteroatoms. The minimum Gasteiger partial charge on any atom is -0.328 e. The molecule has 0 aliphatic carbocycles. The Kier molecular flexibility index (Phi) is 3.71. The Bertz CT molecular complexity index is 765. The third kappa shape index (κ3) is 2.54. The molecule has 1 aromatic carbocycles. The molecule has 21 heavy (non-hydrogen) atoms. The second-order valence-corrected chi connectivity index (χ2v) is 5.10. The zero-order valence-corrected chi connectivity index (χ0v) is 12.7. The fourth-order valence-corrected chi connectivity index (χ4v) is 2.41. The minimum atomic E-state index is 0.475. The van der Waals surface area contributed by atoms with Gasteiger partial charge < -0.3 is 4.57 Å². The van der Waals surface area contributed by atoms with Crippen molar-refractivity contribution in [3.05, 3.63) is 53.6 Å². The van der Waals surface area contributed by atoms with Gasteiger partial charge in [0.2, 0.25) is 0 Å². The van der Waals surface area contributed by atoms with E-state index in [1.54, 1.807) is 12.5 Å². The van der Waals surface area contributed by atoms with Gasteiger partial charge in [0.05, 0.1) is 18.2 Å². The van der Waals surface area contributed by atoms with E-state index in [-0.39, 0.29) is 0 Å². The van der Waals surface area contributed by atoms with Gasteiger partial charge in [0, 0.05) is 17.7 Å². The van der Waals surface area contributed by atoms with Crippen molar-refractivity contribution in [2.24, 2.45) is 0 Å². The number of hydrogen-bond acceptors (Lipinski definition) is 3. The molecule has 4 nitrogen and oxygen atoms in total. The summed E-state index contributed by atoms with van der Waals surface area (Å²) in [6, 6.07) is 10.00. The van der Waals surface area contributed by atoms with Crippen molar-refractivity contribution in [1.82, 2.24) is 19.5 Å². The molecule has 0 N–H and O–H groups in total. The van der Waals surface area contributed by atoms with Crippen molar-refractivity contribution in [3.8, 4) is 22.8 Å². The average molecular weight is 299 g/mol. The second kappa shape index (κ2) is 5.66. The SMILES string of the molecule is CCn1cncc1-c1nc(Cl)c(C)c(-c2ccccc2)n1. The van der Waals surface area contributed by atoms with E-state index in [9.17, 15) is 0 Å². The van der Waals surface area contributed by atoms with E-state index in [1.165, 1.54) is 0 Å². The molecule has 0 spiro atoms. The Morgan fingerprint density at radius 2 is 1.90 bits per heavy atom. The first-order valence-electron chi connectivity index (χ1n) is 6.80. The first-order valence-corrected chi connectivity index (χ1v) is 7.18. The quantitative estimate of drug-likeness (QED) is 0.687. The summed E-state index contributed by atoms with van der Waals surface area (Å²) in [6.45, 7) is 4.80. The summed E-state index contributed by atoms with van der Waals surface area (Å²) >= 11 is 6.30. The van der Waals surface area contributed by atoms with Gasteiger partial charge in [0.15, 0.2) is 5.82 Å². The van der Waals surface area contributed by atoms with E-state index >= 15 is 0 Å². The van der Waals surface area contributed by atoms with Crippen molar-refractivity contribution < 1.29 is 0 Å². The number of aryl methyl sites for hydroxylation is 1. The predicted molar refractivity (Wildman–Crippen MR) is 84.1 cm³/mol. The van der Waals surface area contributed by atoms with Gasteiger partial charge in [-0.1, -0.05) is 41.9 Å². The lowest BCUT2D eigenvalue weighted by Gasteiger charge is -2.10. The lowest BCUT2D eigenvalue weighted by Crippen LogP contribution is -2.02. The van der Waals surface area contributed by atoms with Gasteiger partial charge in [0.25, 0.3) is 0 Å². The van der Waals surface area contributed by atoms with Crippen LogP contribution in [0.25, 0.3) is 22.8 Å². The number of rotatable bonds is 3. The third-order valence-corrected chi connectivity index (χ3v) is 3.78. The molecule has 0 aliphatic rings. The van der Waals surface area contributed by atoms with Crippen LogP contribution in [0, 0.1) is 6.92 Å². The van der Waals surface area contributed by atoms with Crippen LogP contribution in [-0.4, -0.2) is 19.5 Å². The predicted octanol–water partition coefficient (Wildman–Crippen LogP) is 3.99. The first-order chi connectivity index (χ1) is 10.2. The molecule has 0 radical (unpaired) electrons. The summed E-state index contributed by atoms with van der Waals surface area (Å²) in [7, 11) is 0. The molecule has 0 bridgehead atoms. The summed E-state index contributed by atoms with van der Waals surface area (Å²) in [5.74, 6) is 0.601. The monoisotopic (exact) mass is 298 g/mol. The van der Waals surface area contributed by atoms with E-state index in [4.69, 9.17) is 16.6 Å². The van der Waals surface area contributed by atoms with Gasteiger partial charge in [-0.2, -0.15) is 0 Å². The second-order valence-electron chi connectivity index (χ2n) is 4.74. The topological polar surface area (TPSA) is 43.6 Å². The van der Waals surface area contributed by atoms with Crippen LogP contribution >= 0.6 is 11.6 Å². The van der Waals surface area contributed by atoms with Gasteiger partial charge in [-0.3, -0.25) is 0 Å². The van der Waals surface area contributed by atoms with Crippen LogP contribution in [0.4, 0.5) is 0 Å². The first kappa shape index (κ1) is 13.8. The highest BCUT2D eigenvalue weighted by molar-refractivity contribution is 6.30. The fourth-order valence-electron chi connectivity index (χ4n) is 2.24. The van der Waals surface area contributed by atoms with Gasteiger partial charge >= 0.3 is 0 Å². The molecule has 3 aromatic rings. The van der Waals surface area contributed by atoms with Crippen molar-refractivity contribution >= 4 is 11.6 Å². The van der Waals surface area contributed by atoms with Gasteiger partial charge in [-0.05, 0) is 13.8 Å². The highest BCUT2D eigenvalue weighted by atomic mass is 35.5. The van der Waals surface area contributed by atoms with E-state index in [2.05, 4.69) is 16.9 Å². The lowest BCUT2D eigenvalue weighted by molar-refractivity contribution is 0.763. The van der Waals surface area contributed by atoms with Crippen LogP contribution in [-0.2, 0) is 6.54 Å². The number of aromatic nitrogens is 4. The molecule has 106 valence electrons. The fraction of sp³-hybridized carbons (Fsp3) is 0.188. The van der Waals surface area contributed by atoms with Crippen LogP contribution in [0.15, 0.2) is 42.9 Å². The Morgan fingerprint density at radius 3 is 2.62 bits per heavy atom. The van der Waals surface area contributed by atoms with Gasteiger partial charge in [0.1, 0.15) is 10.8 Å². The Morgan fingerprint density at radius 1 is 1.14 bits per heavy atom. The van der Waals surface area contributed by atoms with E-state index in [0.717, 1.165) is 29.1 Å². The van der Waals surface area contributed by atoms with Crippen molar-refractivity contribution in [2.45, 2.75) is 20.4 Å². The number of imidazole rings is 1. The lowest BCUT2D eigenvalue weighted by atomic mass is 10.1. The molecule has 2 aromatic heterocycles. The van der Waals surface area contributed by atoms with Crippen LogP contribution < -0.4 is 0 Å². The average Bonchev–Trinajstić information content (AvgIpc) is 2.99. The zero-order chi connectivity index (χ0) is 14.8. The molecule has 3 rings (SSSR count). The van der Waals surface area contributed by atoms with Crippen LogP contribution in [0.1, 0.15) is 12.5 Å². The van der Waals surface area contributed by atoms with Crippen molar-refractivity contribution in [2.75, 3.05) is 0 Å². The molecule has 2 heterocycles. The molecule has 0 saturated heterocycles. The van der Waals surface area contributed by atoms with Gasteiger partial charge in [-0.15, -0.1) is 0 Å². The Balaban J connectivity index is 2.19. The Hall–Kier alpha value is -2.20. The van der Waals surface area contributed by atoms with Gasteiger partial charge in [-0.25, -0.2) is 15.0 Å². The maximum Gasteiger partial charge on any atom is 0.179 e. The highest BCUT2D eigenvalue weighted by Crippen LogP contribution is 2.28. The normalized spacial score (nSPS) is 10.8. The smallest absolute Gasteiger partial charge is 0.179 e. The molecule has 0 fully saturated rings. The summed E-state index contributed by atoms with van der Waals surface area (Å²) in [4.78, 5) is 13.3. The number of hydrogen-bond donors (Lipinski definition) is 0. The Labute approximate surface area is 128 Å². The maximum absolute atomic E-state index is 6.30. The standard InChI is InChI=1S/C16H15ClN4/c1-3-21-10-18-9-13(21)16-19-14(11(2)15(17)20-16)12-7-5-4-6-8-12/h4-10H,3H2,1-2H3. The van der Waals surface area contributed by atoms with Crippen LogP contribution in [0.5, 0.6) is 0 Å². The number of halogens is 1. The molecule has 0 amide bonds.